The van der Waals surface area contributed by atoms with E-state index in [0.29, 0.717) is 0 Å². The second-order valence-electron chi connectivity index (χ2n) is 5.30. The molecule has 0 N–H and O–H groups in total. The second-order valence-corrected chi connectivity index (χ2v) is 5.30. The highest BCUT2D eigenvalue weighted by Crippen LogP contribution is 2.36. The summed E-state index contributed by atoms with van der Waals surface area (Å²) in [5.74, 6) is 0. The third kappa shape index (κ3) is 2.29. The summed E-state index contributed by atoms with van der Waals surface area (Å²) in [6.45, 7) is 0. The van der Waals surface area contributed by atoms with Crippen LogP contribution in [0.5, 0.6) is 0 Å². The molecule has 2 aromatic heterocycles. The fourth-order valence-electron chi connectivity index (χ4n) is 2.87. The Kier molecular flexibility index (Phi) is 3.12. The lowest BCUT2D eigenvalue weighted by Gasteiger charge is -2.30. The quantitative estimate of drug-likeness (QED) is 0.723. The van der Waals surface area contributed by atoms with Gasteiger partial charge in [-0.3, -0.25) is 0 Å². The van der Waals surface area contributed by atoms with Crippen molar-refractivity contribution < 1.29 is 4.74 Å². The van der Waals surface area contributed by atoms with Crippen LogP contribution in [0, 0.1) is 0 Å². The van der Waals surface area contributed by atoms with Gasteiger partial charge in [-0.1, -0.05) is 35.5 Å². The molecule has 3 heterocycles. The topological polar surface area (TPSA) is 52.8 Å². The molecule has 1 aliphatic rings. The largest absolute Gasteiger partial charge is 0.348 e. The van der Waals surface area contributed by atoms with Crippen LogP contribution in [0.4, 0.5) is 0 Å². The van der Waals surface area contributed by atoms with Crippen molar-refractivity contribution in [3.8, 4) is 0 Å². The maximum atomic E-state index is 6.25. The molecule has 0 spiro atoms. The van der Waals surface area contributed by atoms with E-state index in [0.717, 1.165) is 30.4 Å². The Bertz CT molecular complexity index is 740. The van der Waals surface area contributed by atoms with Crippen molar-refractivity contribution in [3.05, 3.63) is 54.2 Å². The lowest BCUT2D eigenvalue weighted by Crippen LogP contribution is -2.22. The average Bonchev–Trinajstić information content (AvgIpc) is 3.00. The molecule has 106 valence electrons. The number of hydrogen-bond acceptors (Lipinski definition) is 4. The molecule has 1 aliphatic heterocycles. The van der Waals surface area contributed by atoms with E-state index in [-0.39, 0.29) is 12.3 Å². The van der Waals surface area contributed by atoms with Crippen molar-refractivity contribution >= 4 is 11.2 Å². The van der Waals surface area contributed by atoms with Crippen molar-refractivity contribution in [3.63, 3.8) is 0 Å². The van der Waals surface area contributed by atoms with E-state index in [4.69, 9.17) is 4.74 Å². The molecule has 4 rings (SSSR count). The number of nitrogens with zero attached hydrogens (tertiary/aromatic N) is 4. The van der Waals surface area contributed by atoms with Gasteiger partial charge in [0.05, 0.1) is 6.10 Å². The van der Waals surface area contributed by atoms with Gasteiger partial charge in [0.1, 0.15) is 5.52 Å². The van der Waals surface area contributed by atoms with Gasteiger partial charge in [0.2, 0.25) is 0 Å². The summed E-state index contributed by atoms with van der Waals surface area (Å²) in [6.07, 6.45) is 4.88. The summed E-state index contributed by atoms with van der Waals surface area (Å²) in [7, 11) is 0. The summed E-state index contributed by atoms with van der Waals surface area (Å²) < 4.78 is 8.06. The van der Waals surface area contributed by atoms with E-state index < -0.39 is 0 Å². The molecule has 5 nitrogen and oxygen atoms in total. The number of aromatic nitrogens is 4. The van der Waals surface area contributed by atoms with Gasteiger partial charge in [-0.05, 0) is 37.0 Å². The van der Waals surface area contributed by atoms with E-state index >= 15 is 0 Å². The zero-order valence-corrected chi connectivity index (χ0v) is 11.6. The molecule has 0 radical (unpaired) electrons. The summed E-state index contributed by atoms with van der Waals surface area (Å²) in [5, 5.41) is 8.39. The zero-order valence-electron chi connectivity index (χ0n) is 11.6. The molecular formula is C16H16N4O. The molecule has 0 saturated carbocycles. The number of hydrogen-bond donors (Lipinski definition) is 0. The molecule has 0 unspecified atom stereocenters. The van der Waals surface area contributed by atoms with Crippen LogP contribution < -0.4 is 0 Å². The maximum absolute atomic E-state index is 6.25. The monoisotopic (exact) mass is 280 g/mol. The van der Waals surface area contributed by atoms with Crippen LogP contribution in [0.2, 0.25) is 0 Å². The normalized spacial score (nSPS) is 22.5. The predicted molar refractivity (Wildman–Crippen MR) is 78.5 cm³/mol. The SMILES string of the molecule is c1ccc([C@H]2CCC[C@@H](n3nnc4cccnc43)O2)cc1. The molecule has 5 heteroatoms. The molecule has 0 amide bonds. The Morgan fingerprint density at radius 2 is 1.95 bits per heavy atom. The van der Waals surface area contributed by atoms with Crippen LogP contribution in [-0.2, 0) is 4.74 Å². The van der Waals surface area contributed by atoms with Crippen LogP contribution in [0.25, 0.3) is 11.2 Å². The molecule has 21 heavy (non-hydrogen) atoms. The van der Waals surface area contributed by atoms with Crippen molar-refractivity contribution in [1.82, 2.24) is 20.0 Å². The second kappa shape index (κ2) is 5.26. The molecule has 0 bridgehead atoms. The average molecular weight is 280 g/mol. The first-order valence-electron chi connectivity index (χ1n) is 7.28. The number of fused-ring (bicyclic) bond motifs is 1. The van der Waals surface area contributed by atoms with Crippen molar-refractivity contribution in [1.29, 1.82) is 0 Å². The van der Waals surface area contributed by atoms with Gasteiger partial charge in [-0.25, -0.2) is 4.98 Å². The van der Waals surface area contributed by atoms with Crippen molar-refractivity contribution in [2.45, 2.75) is 31.6 Å². The van der Waals surface area contributed by atoms with E-state index in [1.165, 1.54) is 5.56 Å². The third-order valence-corrected chi connectivity index (χ3v) is 3.91. The van der Waals surface area contributed by atoms with E-state index in [9.17, 15) is 0 Å². The highest BCUT2D eigenvalue weighted by Gasteiger charge is 2.26. The fraction of sp³-hybridized carbons (Fsp3) is 0.312. The summed E-state index contributed by atoms with van der Waals surface area (Å²) >= 11 is 0. The highest BCUT2D eigenvalue weighted by atomic mass is 16.5. The molecule has 1 fully saturated rings. The van der Waals surface area contributed by atoms with Gasteiger partial charge in [-0.2, -0.15) is 4.68 Å². The highest BCUT2D eigenvalue weighted by molar-refractivity contribution is 5.68. The van der Waals surface area contributed by atoms with Crippen LogP contribution in [-0.4, -0.2) is 20.0 Å². The Morgan fingerprint density at radius 3 is 2.86 bits per heavy atom. The minimum absolute atomic E-state index is 0.0937. The van der Waals surface area contributed by atoms with Crippen molar-refractivity contribution in [2.24, 2.45) is 0 Å². The third-order valence-electron chi connectivity index (χ3n) is 3.91. The van der Waals surface area contributed by atoms with E-state index in [1.807, 2.05) is 22.9 Å². The number of benzene rings is 1. The molecular weight excluding hydrogens is 264 g/mol. The van der Waals surface area contributed by atoms with E-state index in [2.05, 4.69) is 39.6 Å². The lowest BCUT2D eigenvalue weighted by molar-refractivity contribution is -0.0961. The number of ether oxygens (including phenoxy) is 1. The first kappa shape index (κ1) is 12.5. The smallest absolute Gasteiger partial charge is 0.181 e. The van der Waals surface area contributed by atoms with Gasteiger partial charge in [0.15, 0.2) is 11.9 Å². The molecule has 2 atom stereocenters. The molecule has 1 aromatic carbocycles. The summed E-state index contributed by atoms with van der Waals surface area (Å²) in [5.41, 5.74) is 2.82. The van der Waals surface area contributed by atoms with E-state index in [1.54, 1.807) is 6.20 Å². The molecule has 3 aromatic rings. The maximum Gasteiger partial charge on any atom is 0.181 e. The predicted octanol–water partition coefficient (Wildman–Crippen LogP) is 3.27. The first-order chi connectivity index (χ1) is 10.4. The van der Waals surface area contributed by atoms with Crippen LogP contribution in [0.15, 0.2) is 48.7 Å². The summed E-state index contributed by atoms with van der Waals surface area (Å²) in [6, 6.07) is 14.1. The first-order valence-corrected chi connectivity index (χ1v) is 7.28. The summed E-state index contributed by atoms with van der Waals surface area (Å²) in [4.78, 5) is 4.37. The van der Waals surface area contributed by atoms with Gasteiger partial charge in [-0.15, -0.1) is 5.10 Å². The Balaban J connectivity index is 1.64. The minimum Gasteiger partial charge on any atom is -0.348 e. The Labute approximate surface area is 122 Å². The standard InChI is InChI=1S/C16H16N4O/c1-2-6-12(7-3-1)14-9-4-10-15(21-14)20-16-13(18-19-20)8-5-11-17-16/h1-3,5-8,11,14-15H,4,9-10H2/t14-,15+/m1/s1. The zero-order chi connectivity index (χ0) is 14.1. The van der Waals surface area contributed by atoms with Gasteiger partial charge < -0.3 is 4.74 Å². The molecule has 1 saturated heterocycles. The van der Waals surface area contributed by atoms with Gasteiger partial charge >= 0.3 is 0 Å². The van der Waals surface area contributed by atoms with Gasteiger partial charge in [0.25, 0.3) is 0 Å². The van der Waals surface area contributed by atoms with Crippen LogP contribution in [0.3, 0.4) is 0 Å². The lowest BCUT2D eigenvalue weighted by atomic mass is 10.0. The minimum atomic E-state index is -0.0937. The Morgan fingerprint density at radius 1 is 1.05 bits per heavy atom. The van der Waals surface area contributed by atoms with Crippen molar-refractivity contribution in [2.75, 3.05) is 0 Å². The van der Waals surface area contributed by atoms with Crippen LogP contribution >= 0.6 is 0 Å². The van der Waals surface area contributed by atoms with Crippen LogP contribution in [0.1, 0.15) is 37.2 Å². The molecule has 0 aliphatic carbocycles. The number of rotatable bonds is 2. The Hall–Kier alpha value is -2.27. The number of pyridine rings is 1. The fourth-order valence-corrected chi connectivity index (χ4v) is 2.87. The van der Waals surface area contributed by atoms with Gasteiger partial charge in [0, 0.05) is 6.20 Å².